The third kappa shape index (κ3) is 2.46. The number of nitrogens with zero attached hydrogens (tertiary/aromatic N) is 3. The molecule has 22 heavy (non-hydrogen) atoms. The van der Waals surface area contributed by atoms with E-state index in [-0.39, 0.29) is 18.6 Å². The van der Waals surface area contributed by atoms with E-state index in [9.17, 15) is 10.2 Å². The number of rotatable bonds is 5. The van der Waals surface area contributed by atoms with Gasteiger partial charge in [0.05, 0.1) is 11.5 Å². The van der Waals surface area contributed by atoms with Crippen LogP contribution >= 0.6 is 0 Å². The number of aliphatic hydroxyl groups excluding tert-OH is 2. The summed E-state index contributed by atoms with van der Waals surface area (Å²) in [4.78, 5) is 8.80. The van der Waals surface area contributed by atoms with Gasteiger partial charge in [-0.15, -0.1) is 0 Å². The second-order valence-electron chi connectivity index (χ2n) is 6.64. The lowest BCUT2D eigenvalue weighted by Gasteiger charge is -2.13. The minimum atomic E-state index is -0.429. The molecule has 0 unspecified atom stereocenters. The van der Waals surface area contributed by atoms with E-state index in [2.05, 4.69) is 19.9 Å². The van der Waals surface area contributed by atoms with E-state index in [0.29, 0.717) is 6.42 Å². The van der Waals surface area contributed by atoms with Crippen molar-refractivity contribution in [1.29, 1.82) is 0 Å². The Kier molecular flexibility index (Phi) is 3.50. The molecule has 0 saturated heterocycles. The molecule has 0 bridgehead atoms. The molecule has 0 amide bonds. The Morgan fingerprint density at radius 1 is 1.27 bits per heavy atom. The second kappa shape index (κ2) is 5.52. The highest BCUT2D eigenvalue weighted by Gasteiger charge is 2.34. The van der Waals surface area contributed by atoms with Crippen molar-refractivity contribution in [2.75, 3.05) is 18.5 Å². The van der Waals surface area contributed by atoms with Crippen LogP contribution in [0.3, 0.4) is 0 Å². The van der Waals surface area contributed by atoms with Crippen molar-refractivity contribution in [3.8, 4) is 0 Å². The predicted molar refractivity (Wildman–Crippen MR) is 83.6 cm³/mol. The van der Waals surface area contributed by atoms with Crippen LogP contribution in [0.2, 0.25) is 0 Å². The number of anilines is 1. The monoisotopic (exact) mass is 302 g/mol. The average molecular weight is 302 g/mol. The molecule has 0 aliphatic heterocycles. The van der Waals surface area contributed by atoms with Gasteiger partial charge in [-0.05, 0) is 37.7 Å². The smallest absolute Gasteiger partial charge is 0.145 e. The summed E-state index contributed by atoms with van der Waals surface area (Å²) in [5, 5.41) is 23.8. The number of aliphatic hydroxyl groups is 2. The maximum atomic E-state index is 10.0. The number of fused-ring (bicyclic) bond motifs is 1. The standard InChI is InChI=1S/C16H22N4O2/c21-8-11-5-12(6-14(11)22)20-4-3-13-15(17-7-10-1-2-10)18-9-19-16(13)20/h3-4,9-12,14,21-22H,1-2,5-8H2,(H,17,18,19)/t11-,12+,14-/m0/s1. The number of hydrogen-bond acceptors (Lipinski definition) is 5. The van der Waals surface area contributed by atoms with Crippen molar-refractivity contribution < 1.29 is 10.2 Å². The van der Waals surface area contributed by atoms with Crippen molar-refractivity contribution >= 4 is 16.9 Å². The van der Waals surface area contributed by atoms with Crippen molar-refractivity contribution in [1.82, 2.24) is 14.5 Å². The molecule has 2 saturated carbocycles. The molecule has 2 aromatic rings. The second-order valence-corrected chi connectivity index (χ2v) is 6.64. The first-order valence-corrected chi connectivity index (χ1v) is 8.10. The highest BCUT2D eigenvalue weighted by atomic mass is 16.3. The zero-order valence-electron chi connectivity index (χ0n) is 12.5. The molecule has 3 atom stereocenters. The molecule has 2 fully saturated rings. The Labute approximate surface area is 129 Å². The average Bonchev–Trinajstić information content (AvgIpc) is 3.13. The van der Waals surface area contributed by atoms with Crippen LogP contribution in [-0.4, -0.2) is 44.0 Å². The van der Waals surface area contributed by atoms with Crippen LogP contribution in [0.4, 0.5) is 5.82 Å². The number of hydrogen-bond donors (Lipinski definition) is 3. The Morgan fingerprint density at radius 3 is 2.86 bits per heavy atom. The molecule has 0 spiro atoms. The molecular weight excluding hydrogens is 280 g/mol. The topological polar surface area (TPSA) is 83.2 Å². The molecule has 3 N–H and O–H groups in total. The summed E-state index contributed by atoms with van der Waals surface area (Å²) >= 11 is 0. The Hall–Kier alpha value is -1.66. The van der Waals surface area contributed by atoms with Crippen LogP contribution in [-0.2, 0) is 0 Å². The fourth-order valence-electron chi connectivity index (χ4n) is 3.47. The van der Waals surface area contributed by atoms with E-state index in [1.807, 2.05) is 12.3 Å². The van der Waals surface area contributed by atoms with Crippen LogP contribution in [0.5, 0.6) is 0 Å². The normalized spacial score (nSPS) is 28.4. The van der Waals surface area contributed by atoms with Gasteiger partial charge in [-0.25, -0.2) is 9.97 Å². The first-order valence-electron chi connectivity index (χ1n) is 8.10. The molecule has 0 aromatic carbocycles. The number of nitrogens with one attached hydrogen (secondary N) is 1. The van der Waals surface area contributed by atoms with Gasteiger partial charge in [-0.1, -0.05) is 0 Å². The van der Waals surface area contributed by atoms with Crippen molar-refractivity contribution in [2.24, 2.45) is 11.8 Å². The fourth-order valence-corrected chi connectivity index (χ4v) is 3.47. The summed E-state index contributed by atoms with van der Waals surface area (Å²) in [6, 6.07) is 2.24. The van der Waals surface area contributed by atoms with E-state index < -0.39 is 6.10 Å². The van der Waals surface area contributed by atoms with Gasteiger partial charge < -0.3 is 20.1 Å². The summed E-state index contributed by atoms with van der Waals surface area (Å²) in [6.45, 7) is 1.02. The molecule has 2 aliphatic carbocycles. The van der Waals surface area contributed by atoms with Crippen molar-refractivity contribution in [2.45, 2.75) is 37.8 Å². The summed E-state index contributed by atoms with van der Waals surface area (Å²) in [5.74, 6) is 1.66. The summed E-state index contributed by atoms with van der Waals surface area (Å²) in [5.41, 5.74) is 0.907. The minimum Gasteiger partial charge on any atom is -0.396 e. The largest absolute Gasteiger partial charge is 0.396 e. The first kappa shape index (κ1) is 14.0. The Bertz CT molecular complexity index is 667. The van der Waals surface area contributed by atoms with E-state index in [1.165, 1.54) is 12.8 Å². The summed E-state index contributed by atoms with van der Waals surface area (Å²) in [7, 11) is 0. The molecule has 4 rings (SSSR count). The zero-order valence-corrected chi connectivity index (χ0v) is 12.5. The summed E-state index contributed by atoms with van der Waals surface area (Å²) in [6.07, 6.45) is 7.28. The molecule has 6 heteroatoms. The lowest BCUT2D eigenvalue weighted by atomic mass is 10.1. The third-order valence-corrected chi connectivity index (χ3v) is 5.02. The van der Waals surface area contributed by atoms with Gasteiger partial charge >= 0.3 is 0 Å². The highest BCUT2D eigenvalue weighted by Crippen LogP contribution is 2.37. The van der Waals surface area contributed by atoms with Gasteiger partial charge in [0, 0.05) is 31.3 Å². The maximum absolute atomic E-state index is 10.0. The van der Waals surface area contributed by atoms with Crippen molar-refractivity contribution in [3.63, 3.8) is 0 Å². The van der Waals surface area contributed by atoms with Gasteiger partial charge in [0.2, 0.25) is 0 Å². The lowest BCUT2D eigenvalue weighted by molar-refractivity contribution is 0.0906. The lowest BCUT2D eigenvalue weighted by Crippen LogP contribution is -2.16. The zero-order chi connectivity index (χ0) is 15.1. The van der Waals surface area contributed by atoms with Gasteiger partial charge in [0.1, 0.15) is 17.8 Å². The molecule has 2 aliphatic rings. The van der Waals surface area contributed by atoms with Crippen LogP contribution < -0.4 is 5.32 Å². The third-order valence-electron chi connectivity index (χ3n) is 5.02. The molecule has 2 aromatic heterocycles. The van der Waals surface area contributed by atoms with E-state index in [4.69, 9.17) is 0 Å². The van der Waals surface area contributed by atoms with Gasteiger partial charge in [-0.2, -0.15) is 0 Å². The van der Waals surface area contributed by atoms with E-state index in [0.717, 1.165) is 35.7 Å². The minimum absolute atomic E-state index is 0.0308. The molecule has 118 valence electrons. The van der Waals surface area contributed by atoms with E-state index in [1.54, 1.807) is 6.33 Å². The number of aromatic nitrogens is 3. The molecule has 6 nitrogen and oxygen atoms in total. The Morgan fingerprint density at radius 2 is 2.14 bits per heavy atom. The fraction of sp³-hybridized carbons (Fsp3) is 0.625. The highest BCUT2D eigenvalue weighted by molar-refractivity contribution is 5.87. The van der Waals surface area contributed by atoms with Crippen LogP contribution in [0.25, 0.3) is 11.0 Å². The van der Waals surface area contributed by atoms with Gasteiger partial charge in [0.25, 0.3) is 0 Å². The molecule has 0 radical (unpaired) electrons. The quantitative estimate of drug-likeness (QED) is 0.780. The van der Waals surface area contributed by atoms with Crippen LogP contribution in [0.1, 0.15) is 31.7 Å². The first-order chi connectivity index (χ1) is 10.8. The van der Waals surface area contributed by atoms with E-state index >= 15 is 0 Å². The van der Waals surface area contributed by atoms with Gasteiger partial charge in [-0.3, -0.25) is 0 Å². The maximum Gasteiger partial charge on any atom is 0.145 e. The van der Waals surface area contributed by atoms with Crippen LogP contribution in [0.15, 0.2) is 18.6 Å². The summed E-state index contributed by atoms with van der Waals surface area (Å²) < 4.78 is 2.12. The Balaban J connectivity index is 1.61. The molecule has 2 heterocycles. The van der Waals surface area contributed by atoms with Crippen molar-refractivity contribution in [3.05, 3.63) is 18.6 Å². The SMILES string of the molecule is OC[C@@H]1C[C@@H](n2ccc3c(NCC4CC4)ncnc32)C[C@@H]1O. The van der Waals surface area contributed by atoms with Crippen LogP contribution in [0, 0.1) is 11.8 Å². The molecular formula is C16H22N4O2. The van der Waals surface area contributed by atoms with Gasteiger partial charge in [0.15, 0.2) is 0 Å². The predicted octanol–water partition coefficient (Wildman–Crippen LogP) is 1.56.